The summed E-state index contributed by atoms with van der Waals surface area (Å²) in [5.74, 6) is 0.472. The Kier molecular flexibility index (Phi) is 5.23. The largest absolute Gasteiger partial charge is 0.491 e. The highest BCUT2D eigenvalue weighted by atomic mass is 16.5. The van der Waals surface area contributed by atoms with E-state index in [1.165, 1.54) is 18.5 Å². The van der Waals surface area contributed by atoms with Crippen LogP contribution in [-0.2, 0) is 13.6 Å². The average Bonchev–Trinajstić information content (AvgIpc) is 2.68. The Morgan fingerprint density at radius 3 is 2.44 bits per heavy atom. The molecule has 1 atom stereocenters. The van der Waals surface area contributed by atoms with Crippen molar-refractivity contribution in [3.63, 3.8) is 0 Å². The van der Waals surface area contributed by atoms with Crippen molar-refractivity contribution >= 4 is 16.7 Å². The fraction of sp³-hybridized carbons (Fsp3) is 0.250. The number of carbonyl (C=O) groups excluding carboxylic acids is 1. The van der Waals surface area contributed by atoms with E-state index in [-0.39, 0.29) is 24.5 Å². The van der Waals surface area contributed by atoms with Crippen LogP contribution in [0.5, 0.6) is 5.75 Å². The maximum atomic E-state index is 12.5. The van der Waals surface area contributed by atoms with Crippen molar-refractivity contribution < 1.29 is 14.6 Å². The SMILES string of the molecule is CC(=O)c1ccc(OC[C@@H](O)Cn2c(=O)n(C)c(=O)c3ccccc32)cc1. The van der Waals surface area contributed by atoms with Gasteiger partial charge in [0, 0.05) is 12.6 Å². The maximum absolute atomic E-state index is 12.5. The molecule has 1 N–H and O–H groups in total. The number of rotatable bonds is 6. The monoisotopic (exact) mass is 368 g/mol. The molecule has 1 aromatic heterocycles. The lowest BCUT2D eigenvalue weighted by Gasteiger charge is -2.16. The molecule has 2 aromatic carbocycles. The minimum absolute atomic E-state index is 0.0149. The number of aliphatic hydroxyl groups is 1. The summed E-state index contributed by atoms with van der Waals surface area (Å²) in [5.41, 5.74) is 0.174. The average molecular weight is 368 g/mol. The number of nitrogens with zero attached hydrogens (tertiary/aromatic N) is 2. The molecule has 1 heterocycles. The second kappa shape index (κ2) is 7.59. The minimum Gasteiger partial charge on any atom is -0.491 e. The van der Waals surface area contributed by atoms with Gasteiger partial charge in [-0.2, -0.15) is 0 Å². The molecule has 27 heavy (non-hydrogen) atoms. The molecule has 0 saturated carbocycles. The molecule has 0 amide bonds. The molecule has 0 aliphatic carbocycles. The number of aliphatic hydroxyl groups excluding tert-OH is 1. The maximum Gasteiger partial charge on any atom is 0.331 e. The van der Waals surface area contributed by atoms with Gasteiger partial charge in [0.2, 0.25) is 0 Å². The highest BCUT2D eigenvalue weighted by Crippen LogP contribution is 2.13. The Hall–Kier alpha value is -3.19. The fourth-order valence-electron chi connectivity index (χ4n) is 2.86. The molecular formula is C20H20N2O5. The van der Waals surface area contributed by atoms with Crippen LogP contribution in [0.4, 0.5) is 0 Å². The van der Waals surface area contributed by atoms with E-state index < -0.39 is 11.8 Å². The predicted octanol–water partition coefficient (Wildman–Crippen LogP) is 1.34. The standard InChI is InChI=1S/C20H20N2O5/c1-13(23)14-7-9-16(10-8-14)27-12-15(24)11-22-18-6-4-3-5-17(18)19(25)21(2)20(22)26/h3-10,15,24H,11-12H2,1-2H3/t15-/m0/s1. The van der Waals surface area contributed by atoms with E-state index in [1.807, 2.05) is 0 Å². The van der Waals surface area contributed by atoms with Crippen LogP contribution in [0.25, 0.3) is 10.9 Å². The van der Waals surface area contributed by atoms with E-state index in [2.05, 4.69) is 0 Å². The Bertz CT molecular complexity index is 1100. The van der Waals surface area contributed by atoms with Gasteiger partial charge in [0.25, 0.3) is 5.56 Å². The third-order valence-corrected chi connectivity index (χ3v) is 4.34. The van der Waals surface area contributed by atoms with Crippen LogP contribution < -0.4 is 16.0 Å². The molecule has 0 aliphatic rings. The molecule has 140 valence electrons. The lowest BCUT2D eigenvalue weighted by Crippen LogP contribution is -2.40. The summed E-state index contributed by atoms with van der Waals surface area (Å²) in [7, 11) is 1.41. The smallest absolute Gasteiger partial charge is 0.331 e. The summed E-state index contributed by atoms with van der Waals surface area (Å²) in [5, 5.41) is 10.7. The first-order chi connectivity index (χ1) is 12.9. The second-order valence-electron chi connectivity index (χ2n) is 6.32. The number of ether oxygens (including phenoxy) is 1. The molecule has 0 aliphatic heterocycles. The van der Waals surface area contributed by atoms with E-state index in [0.717, 1.165) is 4.57 Å². The first-order valence-corrected chi connectivity index (χ1v) is 8.49. The van der Waals surface area contributed by atoms with Crippen molar-refractivity contribution in [2.24, 2.45) is 7.05 Å². The van der Waals surface area contributed by atoms with Crippen LogP contribution in [0.3, 0.4) is 0 Å². The normalized spacial score (nSPS) is 12.1. The van der Waals surface area contributed by atoms with Gasteiger partial charge in [0.15, 0.2) is 5.78 Å². The van der Waals surface area contributed by atoms with Crippen molar-refractivity contribution in [1.82, 2.24) is 9.13 Å². The topological polar surface area (TPSA) is 90.5 Å². The van der Waals surface area contributed by atoms with E-state index >= 15 is 0 Å². The fourth-order valence-corrected chi connectivity index (χ4v) is 2.86. The van der Waals surface area contributed by atoms with Crippen LogP contribution in [0.2, 0.25) is 0 Å². The highest BCUT2D eigenvalue weighted by Gasteiger charge is 2.14. The van der Waals surface area contributed by atoms with Gasteiger partial charge in [0.1, 0.15) is 18.5 Å². The Labute approximate surface area is 155 Å². The van der Waals surface area contributed by atoms with E-state index in [9.17, 15) is 19.5 Å². The lowest BCUT2D eigenvalue weighted by molar-refractivity contribution is 0.0919. The van der Waals surface area contributed by atoms with Gasteiger partial charge in [-0.25, -0.2) is 4.79 Å². The summed E-state index contributed by atoms with van der Waals surface area (Å²) in [4.78, 5) is 35.9. The number of carbonyl (C=O) groups is 1. The van der Waals surface area contributed by atoms with Gasteiger partial charge in [-0.1, -0.05) is 12.1 Å². The van der Waals surface area contributed by atoms with Crippen molar-refractivity contribution in [3.05, 3.63) is 74.9 Å². The van der Waals surface area contributed by atoms with E-state index in [1.54, 1.807) is 48.5 Å². The number of aromatic nitrogens is 2. The molecule has 7 heteroatoms. The summed E-state index contributed by atoms with van der Waals surface area (Å²) in [6.45, 7) is 1.43. The Morgan fingerprint density at radius 2 is 1.78 bits per heavy atom. The van der Waals surface area contributed by atoms with E-state index in [4.69, 9.17) is 4.74 Å². The molecule has 0 radical (unpaired) electrons. The van der Waals surface area contributed by atoms with Gasteiger partial charge in [-0.15, -0.1) is 0 Å². The van der Waals surface area contributed by atoms with Gasteiger partial charge in [-0.3, -0.25) is 18.7 Å². The number of Topliss-reactive ketones (excluding diaryl/α,β-unsaturated/α-hetero) is 1. The van der Waals surface area contributed by atoms with Crippen molar-refractivity contribution in [1.29, 1.82) is 0 Å². The van der Waals surface area contributed by atoms with Crippen molar-refractivity contribution in [2.45, 2.75) is 19.6 Å². The molecule has 0 fully saturated rings. The molecular weight excluding hydrogens is 348 g/mol. The summed E-state index contributed by atoms with van der Waals surface area (Å²) in [6.07, 6.45) is -0.962. The zero-order valence-corrected chi connectivity index (χ0v) is 15.1. The van der Waals surface area contributed by atoms with Crippen LogP contribution in [0, 0.1) is 0 Å². The molecule has 7 nitrogen and oxygen atoms in total. The number of benzene rings is 2. The van der Waals surface area contributed by atoms with Gasteiger partial charge in [0.05, 0.1) is 17.4 Å². The zero-order chi connectivity index (χ0) is 19.6. The highest BCUT2D eigenvalue weighted by molar-refractivity contribution is 5.94. The molecule has 3 rings (SSSR count). The molecule has 0 unspecified atom stereocenters. The third-order valence-electron chi connectivity index (χ3n) is 4.34. The third kappa shape index (κ3) is 3.83. The summed E-state index contributed by atoms with van der Waals surface area (Å²) >= 11 is 0. The quantitative estimate of drug-likeness (QED) is 0.663. The molecule has 0 bridgehead atoms. The summed E-state index contributed by atoms with van der Waals surface area (Å²) < 4.78 is 7.92. The van der Waals surface area contributed by atoms with Crippen LogP contribution in [-0.4, -0.2) is 32.7 Å². The predicted molar refractivity (Wildman–Crippen MR) is 101 cm³/mol. The minimum atomic E-state index is -0.962. The Morgan fingerprint density at radius 1 is 1.11 bits per heavy atom. The molecule has 0 spiro atoms. The number of fused-ring (bicyclic) bond motifs is 1. The second-order valence-corrected chi connectivity index (χ2v) is 6.32. The van der Waals surface area contributed by atoms with Crippen molar-refractivity contribution in [3.8, 4) is 5.75 Å². The number of hydrogen-bond acceptors (Lipinski definition) is 5. The van der Waals surface area contributed by atoms with Gasteiger partial charge in [-0.05, 0) is 43.3 Å². The first-order valence-electron chi connectivity index (χ1n) is 8.49. The number of hydrogen-bond donors (Lipinski definition) is 1. The van der Waals surface area contributed by atoms with Crippen LogP contribution in [0.1, 0.15) is 17.3 Å². The van der Waals surface area contributed by atoms with Crippen LogP contribution in [0.15, 0.2) is 58.1 Å². The van der Waals surface area contributed by atoms with Crippen molar-refractivity contribution in [2.75, 3.05) is 6.61 Å². The van der Waals surface area contributed by atoms with E-state index in [0.29, 0.717) is 22.2 Å². The van der Waals surface area contributed by atoms with Gasteiger partial charge < -0.3 is 9.84 Å². The Balaban J connectivity index is 1.78. The zero-order valence-electron chi connectivity index (χ0n) is 15.1. The summed E-state index contributed by atoms with van der Waals surface area (Å²) in [6, 6.07) is 13.4. The van der Waals surface area contributed by atoms with Gasteiger partial charge >= 0.3 is 5.69 Å². The molecule has 3 aromatic rings. The first kappa shape index (κ1) is 18.6. The molecule has 0 saturated heterocycles. The number of para-hydroxylation sites is 1. The number of ketones is 1. The lowest BCUT2D eigenvalue weighted by atomic mass is 10.1. The van der Waals surface area contributed by atoms with Crippen LogP contribution >= 0.6 is 0 Å².